The molecule has 2 amide bonds. The van der Waals surface area contributed by atoms with Gasteiger partial charge in [0.05, 0.1) is 6.42 Å². The Morgan fingerprint density at radius 2 is 1.86 bits per heavy atom. The van der Waals surface area contributed by atoms with Crippen molar-refractivity contribution in [3.8, 4) is 0 Å². The van der Waals surface area contributed by atoms with Crippen molar-refractivity contribution >= 4 is 29.4 Å². The highest BCUT2D eigenvalue weighted by atomic mass is 16.4. The summed E-state index contributed by atoms with van der Waals surface area (Å²) in [6, 6.07) is 3.64. The Bertz CT molecular complexity index is 584. The number of benzene rings is 1. The van der Waals surface area contributed by atoms with Gasteiger partial charge in [0, 0.05) is 11.3 Å². The van der Waals surface area contributed by atoms with Crippen LogP contribution in [0.2, 0.25) is 0 Å². The van der Waals surface area contributed by atoms with E-state index >= 15 is 0 Å². The van der Waals surface area contributed by atoms with Crippen LogP contribution in [0.4, 0.5) is 10.5 Å². The quantitative estimate of drug-likeness (QED) is 0.577. The Morgan fingerprint density at radius 3 is 2.38 bits per heavy atom. The lowest BCUT2D eigenvalue weighted by molar-refractivity contribution is -0.145. The third-order valence-electron chi connectivity index (χ3n) is 2.51. The molecule has 8 heteroatoms. The fraction of sp³-hybridized carbons (Fsp3) is 0.231. The number of carboxylic acid groups (broad SMARTS) is 2. The normalized spacial score (nSPS) is 11.3. The van der Waals surface area contributed by atoms with Crippen molar-refractivity contribution < 1.29 is 29.4 Å². The molecule has 8 nitrogen and oxygen atoms in total. The number of aliphatic carboxylic acids is 2. The highest BCUT2D eigenvalue weighted by Gasteiger charge is 2.23. The molecular weight excluding hydrogens is 280 g/mol. The Morgan fingerprint density at radius 1 is 1.19 bits per heavy atom. The minimum atomic E-state index is -1.54. The molecule has 1 aromatic rings. The van der Waals surface area contributed by atoms with Gasteiger partial charge in [-0.05, 0) is 19.1 Å². The van der Waals surface area contributed by atoms with Crippen molar-refractivity contribution in [2.75, 3.05) is 5.32 Å². The van der Waals surface area contributed by atoms with Gasteiger partial charge in [0.15, 0.2) is 5.78 Å². The maximum Gasteiger partial charge on any atom is 0.326 e. The molecule has 21 heavy (non-hydrogen) atoms. The second-order valence-electron chi connectivity index (χ2n) is 4.22. The molecular formula is C13H14N2O6. The smallest absolute Gasteiger partial charge is 0.326 e. The maximum atomic E-state index is 11.6. The first kappa shape index (κ1) is 16.2. The monoisotopic (exact) mass is 294 g/mol. The van der Waals surface area contributed by atoms with Crippen LogP contribution in [0.3, 0.4) is 0 Å². The fourth-order valence-electron chi connectivity index (χ4n) is 1.52. The van der Waals surface area contributed by atoms with Crippen LogP contribution in [0.25, 0.3) is 0 Å². The number of amides is 2. The molecule has 0 saturated heterocycles. The summed E-state index contributed by atoms with van der Waals surface area (Å²) in [5.41, 5.74) is 0.674. The number of carbonyl (C=O) groups is 4. The minimum Gasteiger partial charge on any atom is -0.481 e. The molecule has 0 aromatic heterocycles. The van der Waals surface area contributed by atoms with Gasteiger partial charge in [0.25, 0.3) is 0 Å². The summed E-state index contributed by atoms with van der Waals surface area (Å²) in [7, 11) is 0. The van der Waals surface area contributed by atoms with E-state index in [1.54, 1.807) is 12.1 Å². The number of hydrogen-bond acceptors (Lipinski definition) is 4. The molecule has 0 aliphatic heterocycles. The van der Waals surface area contributed by atoms with Crippen molar-refractivity contribution in [2.45, 2.75) is 19.4 Å². The zero-order chi connectivity index (χ0) is 16.0. The minimum absolute atomic E-state index is 0.187. The summed E-state index contributed by atoms with van der Waals surface area (Å²) in [6.45, 7) is 1.37. The van der Waals surface area contributed by atoms with Gasteiger partial charge in [0.1, 0.15) is 6.04 Å². The molecule has 0 saturated carbocycles. The number of carboxylic acids is 2. The van der Waals surface area contributed by atoms with Gasteiger partial charge in [-0.15, -0.1) is 0 Å². The predicted octanol–water partition coefficient (Wildman–Crippen LogP) is 0.939. The second-order valence-corrected chi connectivity index (χ2v) is 4.22. The van der Waals surface area contributed by atoms with E-state index in [-0.39, 0.29) is 5.78 Å². The van der Waals surface area contributed by atoms with E-state index in [2.05, 4.69) is 5.32 Å². The number of ketones is 1. The van der Waals surface area contributed by atoms with Crippen LogP contribution in [-0.2, 0) is 9.59 Å². The predicted molar refractivity (Wildman–Crippen MR) is 72.3 cm³/mol. The number of Topliss-reactive ketones (excluding diaryl/α,β-unsaturated/α-hetero) is 1. The third kappa shape index (κ3) is 5.31. The molecule has 1 atom stereocenters. The van der Waals surface area contributed by atoms with Gasteiger partial charge >= 0.3 is 18.0 Å². The lowest BCUT2D eigenvalue weighted by atomic mass is 10.1. The lowest BCUT2D eigenvalue weighted by Crippen LogP contribution is -2.44. The van der Waals surface area contributed by atoms with E-state index < -0.39 is 30.4 Å². The summed E-state index contributed by atoms with van der Waals surface area (Å²) in [5, 5.41) is 21.7. The van der Waals surface area contributed by atoms with Crippen molar-refractivity contribution in [1.82, 2.24) is 5.32 Å². The van der Waals surface area contributed by atoms with E-state index in [0.29, 0.717) is 11.3 Å². The molecule has 1 aromatic carbocycles. The van der Waals surface area contributed by atoms with Gasteiger partial charge in [-0.25, -0.2) is 9.59 Å². The highest BCUT2D eigenvalue weighted by molar-refractivity contribution is 5.97. The van der Waals surface area contributed by atoms with Crippen LogP contribution in [0.15, 0.2) is 24.3 Å². The molecule has 0 aliphatic carbocycles. The third-order valence-corrected chi connectivity index (χ3v) is 2.51. The van der Waals surface area contributed by atoms with E-state index in [1.165, 1.54) is 19.1 Å². The summed E-state index contributed by atoms with van der Waals surface area (Å²) < 4.78 is 0. The van der Waals surface area contributed by atoms with Crippen molar-refractivity contribution in [2.24, 2.45) is 0 Å². The molecule has 0 heterocycles. The fourth-order valence-corrected chi connectivity index (χ4v) is 1.52. The van der Waals surface area contributed by atoms with E-state index in [4.69, 9.17) is 10.2 Å². The number of carbonyl (C=O) groups excluding carboxylic acids is 2. The van der Waals surface area contributed by atoms with E-state index in [9.17, 15) is 19.2 Å². The number of hydrogen-bond donors (Lipinski definition) is 4. The van der Waals surface area contributed by atoms with Crippen LogP contribution in [0.1, 0.15) is 23.7 Å². The number of nitrogens with one attached hydrogen (secondary N) is 2. The molecule has 0 aliphatic rings. The summed E-state index contributed by atoms with van der Waals surface area (Å²) >= 11 is 0. The molecule has 0 radical (unpaired) electrons. The van der Waals surface area contributed by atoms with Crippen LogP contribution in [0.5, 0.6) is 0 Å². The molecule has 1 unspecified atom stereocenters. The average molecular weight is 294 g/mol. The number of anilines is 1. The van der Waals surface area contributed by atoms with Crippen molar-refractivity contribution in [3.05, 3.63) is 29.8 Å². The lowest BCUT2D eigenvalue weighted by Gasteiger charge is -2.13. The topological polar surface area (TPSA) is 133 Å². The molecule has 1 rings (SSSR count). The first-order valence-corrected chi connectivity index (χ1v) is 5.92. The van der Waals surface area contributed by atoms with E-state index in [0.717, 1.165) is 0 Å². The molecule has 0 bridgehead atoms. The largest absolute Gasteiger partial charge is 0.481 e. The first-order valence-electron chi connectivity index (χ1n) is 5.92. The summed E-state index contributed by atoms with van der Waals surface area (Å²) in [6.07, 6.45) is -0.740. The number of rotatable bonds is 6. The zero-order valence-corrected chi connectivity index (χ0v) is 11.1. The average Bonchev–Trinajstić information content (AvgIpc) is 2.37. The van der Waals surface area contributed by atoms with Gasteiger partial charge in [0.2, 0.25) is 0 Å². The molecule has 4 N–H and O–H groups in total. The van der Waals surface area contributed by atoms with Crippen LogP contribution < -0.4 is 10.6 Å². The highest BCUT2D eigenvalue weighted by Crippen LogP contribution is 2.11. The Hall–Kier alpha value is -2.90. The maximum absolute atomic E-state index is 11.6. The van der Waals surface area contributed by atoms with Crippen molar-refractivity contribution in [3.63, 3.8) is 0 Å². The molecule has 0 fully saturated rings. The van der Waals surface area contributed by atoms with Gasteiger partial charge in [-0.1, -0.05) is 12.1 Å². The van der Waals surface area contributed by atoms with Crippen LogP contribution >= 0.6 is 0 Å². The Labute approximate surface area is 119 Å². The SMILES string of the molecule is CC(=O)c1cccc(NC(=O)NC(CC(=O)O)C(=O)O)c1. The van der Waals surface area contributed by atoms with Gasteiger partial charge < -0.3 is 20.8 Å². The summed E-state index contributed by atoms with van der Waals surface area (Å²) in [4.78, 5) is 44.1. The van der Waals surface area contributed by atoms with E-state index in [1.807, 2.05) is 5.32 Å². The molecule has 112 valence electrons. The second kappa shape index (κ2) is 7.04. The Balaban J connectivity index is 2.72. The molecule has 0 spiro atoms. The Kier molecular flexibility index (Phi) is 5.41. The number of urea groups is 1. The standard InChI is InChI=1S/C13H14N2O6/c1-7(16)8-3-2-4-9(5-8)14-13(21)15-10(12(19)20)6-11(17)18/h2-5,10H,6H2,1H3,(H,17,18)(H,19,20)(H2,14,15,21). The van der Waals surface area contributed by atoms with Crippen LogP contribution in [0, 0.1) is 0 Å². The van der Waals surface area contributed by atoms with Crippen molar-refractivity contribution in [1.29, 1.82) is 0 Å². The summed E-state index contributed by atoms with van der Waals surface area (Å²) in [5.74, 6) is -2.99. The zero-order valence-electron chi connectivity index (χ0n) is 11.1. The first-order chi connectivity index (χ1) is 9.79. The van der Waals surface area contributed by atoms with Crippen LogP contribution in [-0.4, -0.2) is 40.0 Å². The van der Waals surface area contributed by atoms with Gasteiger partial charge in [-0.3, -0.25) is 9.59 Å². The van der Waals surface area contributed by atoms with Gasteiger partial charge in [-0.2, -0.15) is 0 Å².